The van der Waals surface area contributed by atoms with Crippen LogP contribution in [-0.2, 0) is 0 Å². The van der Waals surface area contributed by atoms with Crippen molar-refractivity contribution < 1.29 is 18.7 Å². The molecule has 3 aromatic carbocycles. The number of anilines is 1. The monoisotopic (exact) mass is 427 g/mol. The fourth-order valence-electron chi connectivity index (χ4n) is 4.23. The van der Waals surface area contributed by atoms with E-state index >= 15 is 0 Å². The Labute approximate surface area is 184 Å². The molecule has 4 aromatic rings. The SMILES string of the molecule is COc1ccc(C2c3c(oc4ccccc4c3=O)C(=O)N2c2ccc(C)cc2)cc1OC. The van der Waals surface area contributed by atoms with Crippen LogP contribution in [0.15, 0.2) is 75.9 Å². The first-order valence-corrected chi connectivity index (χ1v) is 10.2. The number of hydrogen-bond donors (Lipinski definition) is 0. The average Bonchev–Trinajstić information content (AvgIpc) is 3.12. The van der Waals surface area contributed by atoms with Crippen LogP contribution >= 0.6 is 0 Å². The zero-order chi connectivity index (χ0) is 22.4. The number of amides is 1. The lowest BCUT2D eigenvalue weighted by atomic mass is 9.97. The van der Waals surface area contributed by atoms with E-state index in [2.05, 4.69) is 0 Å². The van der Waals surface area contributed by atoms with Crippen molar-refractivity contribution >= 4 is 22.6 Å². The Morgan fingerprint density at radius 2 is 1.59 bits per heavy atom. The minimum Gasteiger partial charge on any atom is -0.493 e. The number of benzene rings is 3. The second-order valence-electron chi connectivity index (χ2n) is 7.70. The third-order valence-electron chi connectivity index (χ3n) is 5.81. The highest BCUT2D eigenvalue weighted by atomic mass is 16.5. The summed E-state index contributed by atoms with van der Waals surface area (Å²) < 4.78 is 16.8. The molecule has 0 bridgehead atoms. The average molecular weight is 427 g/mol. The number of carbonyl (C=O) groups is 1. The molecule has 160 valence electrons. The Bertz CT molecular complexity index is 1400. The van der Waals surface area contributed by atoms with Crippen LogP contribution < -0.4 is 19.8 Å². The molecule has 0 radical (unpaired) electrons. The first-order chi connectivity index (χ1) is 15.5. The van der Waals surface area contributed by atoms with Gasteiger partial charge in [0.15, 0.2) is 16.9 Å². The Balaban J connectivity index is 1.80. The first kappa shape index (κ1) is 19.9. The molecule has 1 aliphatic rings. The summed E-state index contributed by atoms with van der Waals surface area (Å²) in [6.07, 6.45) is 0. The minimum absolute atomic E-state index is 0.0639. The van der Waals surface area contributed by atoms with Gasteiger partial charge in [0.2, 0.25) is 5.76 Å². The third-order valence-corrected chi connectivity index (χ3v) is 5.81. The van der Waals surface area contributed by atoms with Crippen molar-refractivity contribution in [1.82, 2.24) is 0 Å². The van der Waals surface area contributed by atoms with Gasteiger partial charge in [-0.15, -0.1) is 0 Å². The number of nitrogens with zero attached hydrogens (tertiary/aromatic N) is 1. The largest absolute Gasteiger partial charge is 0.493 e. The van der Waals surface area contributed by atoms with E-state index in [-0.39, 0.29) is 17.1 Å². The molecule has 0 saturated heterocycles. The summed E-state index contributed by atoms with van der Waals surface area (Å²) in [5, 5.41) is 0.440. The van der Waals surface area contributed by atoms with Gasteiger partial charge in [-0.2, -0.15) is 0 Å². The lowest BCUT2D eigenvalue weighted by Crippen LogP contribution is -2.29. The summed E-state index contributed by atoms with van der Waals surface area (Å²) in [4.78, 5) is 28.7. The van der Waals surface area contributed by atoms with Gasteiger partial charge in [0, 0.05) is 5.69 Å². The van der Waals surface area contributed by atoms with E-state index in [0.29, 0.717) is 33.7 Å². The molecule has 0 N–H and O–H groups in total. The second-order valence-corrected chi connectivity index (χ2v) is 7.70. The van der Waals surface area contributed by atoms with Gasteiger partial charge in [0.1, 0.15) is 5.58 Å². The summed E-state index contributed by atoms with van der Waals surface area (Å²) in [6.45, 7) is 1.98. The number of ether oxygens (including phenoxy) is 2. The highest BCUT2D eigenvalue weighted by molar-refractivity contribution is 6.10. The maximum Gasteiger partial charge on any atom is 0.295 e. The summed E-state index contributed by atoms with van der Waals surface area (Å²) in [5.41, 5.74) is 2.96. The highest BCUT2D eigenvalue weighted by Gasteiger charge is 2.43. The molecule has 5 rings (SSSR count). The lowest BCUT2D eigenvalue weighted by Gasteiger charge is -2.26. The molecule has 0 saturated carbocycles. The smallest absolute Gasteiger partial charge is 0.295 e. The zero-order valence-corrected chi connectivity index (χ0v) is 17.9. The van der Waals surface area contributed by atoms with Crippen LogP contribution in [0.2, 0.25) is 0 Å². The van der Waals surface area contributed by atoms with Crippen molar-refractivity contribution in [3.8, 4) is 11.5 Å². The molecule has 0 spiro atoms. The van der Waals surface area contributed by atoms with Crippen molar-refractivity contribution in [1.29, 1.82) is 0 Å². The van der Waals surface area contributed by atoms with Gasteiger partial charge < -0.3 is 13.9 Å². The van der Waals surface area contributed by atoms with E-state index in [1.54, 1.807) is 55.5 Å². The van der Waals surface area contributed by atoms with Crippen molar-refractivity contribution in [2.45, 2.75) is 13.0 Å². The van der Waals surface area contributed by atoms with Crippen LogP contribution in [0, 0.1) is 6.92 Å². The molecular weight excluding hydrogens is 406 g/mol. The van der Waals surface area contributed by atoms with Gasteiger partial charge in [-0.1, -0.05) is 35.9 Å². The van der Waals surface area contributed by atoms with Gasteiger partial charge in [-0.05, 0) is 48.9 Å². The number of hydrogen-bond acceptors (Lipinski definition) is 5. The molecule has 1 aliphatic heterocycles. The summed E-state index contributed by atoms with van der Waals surface area (Å²) in [7, 11) is 3.11. The fourth-order valence-corrected chi connectivity index (χ4v) is 4.23. The van der Waals surface area contributed by atoms with Crippen LogP contribution in [0.25, 0.3) is 11.0 Å². The van der Waals surface area contributed by atoms with Gasteiger partial charge in [-0.3, -0.25) is 14.5 Å². The Morgan fingerprint density at radius 1 is 0.875 bits per heavy atom. The van der Waals surface area contributed by atoms with E-state index in [0.717, 1.165) is 11.1 Å². The maximum absolute atomic E-state index is 13.6. The predicted octanol–water partition coefficient (Wildman–Crippen LogP) is 4.87. The van der Waals surface area contributed by atoms with E-state index in [9.17, 15) is 9.59 Å². The highest BCUT2D eigenvalue weighted by Crippen LogP contribution is 2.43. The van der Waals surface area contributed by atoms with E-state index in [1.807, 2.05) is 37.3 Å². The van der Waals surface area contributed by atoms with Gasteiger partial charge in [-0.25, -0.2) is 0 Å². The van der Waals surface area contributed by atoms with E-state index in [1.165, 1.54) is 0 Å². The Morgan fingerprint density at radius 3 is 2.31 bits per heavy atom. The molecular formula is C26H21NO5. The van der Waals surface area contributed by atoms with Crippen molar-refractivity contribution in [2.24, 2.45) is 0 Å². The van der Waals surface area contributed by atoms with Crippen LogP contribution in [0.3, 0.4) is 0 Å². The fraction of sp³-hybridized carbons (Fsp3) is 0.154. The van der Waals surface area contributed by atoms with Crippen LogP contribution in [-0.4, -0.2) is 20.1 Å². The molecule has 1 amide bonds. The van der Waals surface area contributed by atoms with Crippen LogP contribution in [0.5, 0.6) is 11.5 Å². The first-order valence-electron chi connectivity index (χ1n) is 10.2. The Kier molecular flexibility index (Phi) is 4.70. The van der Waals surface area contributed by atoms with Crippen LogP contribution in [0.1, 0.15) is 33.3 Å². The maximum atomic E-state index is 13.6. The molecule has 2 heterocycles. The normalized spacial score (nSPS) is 15.2. The van der Waals surface area contributed by atoms with E-state index < -0.39 is 6.04 Å². The summed E-state index contributed by atoms with van der Waals surface area (Å²) in [5.74, 6) is 0.786. The molecule has 6 heteroatoms. The number of carbonyl (C=O) groups excluding carboxylic acids is 1. The Hall–Kier alpha value is -4.06. The zero-order valence-electron chi connectivity index (χ0n) is 17.9. The summed E-state index contributed by atoms with van der Waals surface area (Å²) in [6, 6.07) is 19.3. The number of rotatable bonds is 4. The molecule has 32 heavy (non-hydrogen) atoms. The van der Waals surface area contributed by atoms with Gasteiger partial charge in [0.25, 0.3) is 5.91 Å². The number of aryl methyl sites for hydroxylation is 1. The molecule has 1 unspecified atom stereocenters. The lowest BCUT2D eigenvalue weighted by molar-refractivity contribution is 0.0971. The second kappa shape index (κ2) is 7.57. The van der Waals surface area contributed by atoms with Gasteiger partial charge >= 0.3 is 0 Å². The molecule has 0 fully saturated rings. The third kappa shape index (κ3) is 2.95. The quantitative estimate of drug-likeness (QED) is 0.465. The van der Waals surface area contributed by atoms with Crippen molar-refractivity contribution in [2.75, 3.05) is 19.1 Å². The molecule has 6 nitrogen and oxygen atoms in total. The number of para-hydroxylation sites is 1. The standard InChI is InChI=1S/C26H21NO5/c1-15-8-11-17(12-9-15)27-23(16-10-13-20(30-2)21(14-16)31-3)22-24(28)18-6-4-5-7-19(18)32-25(22)26(27)29/h4-14,23H,1-3H3. The van der Waals surface area contributed by atoms with Crippen molar-refractivity contribution in [3.63, 3.8) is 0 Å². The van der Waals surface area contributed by atoms with Gasteiger partial charge in [0.05, 0.1) is 31.2 Å². The minimum atomic E-state index is -0.666. The number of fused-ring (bicyclic) bond motifs is 2. The summed E-state index contributed by atoms with van der Waals surface area (Å²) >= 11 is 0. The van der Waals surface area contributed by atoms with E-state index in [4.69, 9.17) is 13.9 Å². The molecule has 1 aromatic heterocycles. The predicted molar refractivity (Wildman–Crippen MR) is 122 cm³/mol. The number of methoxy groups -OCH3 is 2. The topological polar surface area (TPSA) is 69.0 Å². The molecule has 0 aliphatic carbocycles. The van der Waals surface area contributed by atoms with Crippen LogP contribution in [0.4, 0.5) is 5.69 Å². The molecule has 1 atom stereocenters. The van der Waals surface area contributed by atoms with Crippen molar-refractivity contribution in [3.05, 3.63) is 99.4 Å².